The van der Waals surface area contributed by atoms with Gasteiger partial charge in [0.1, 0.15) is 0 Å². The lowest BCUT2D eigenvalue weighted by Gasteiger charge is -2.10. The van der Waals surface area contributed by atoms with Gasteiger partial charge < -0.3 is 36.9 Å². The Morgan fingerprint density at radius 3 is 2.46 bits per heavy atom. The van der Waals surface area contributed by atoms with Crippen molar-refractivity contribution >= 4 is 28.9 Å². The number of benzene rings is 3. The van der Waals surface area contributed by atoms with Gasteiger partial charge in [0, 0.05) is 30.1 Å². The molecule has 0 aliphatic heterocycles. The fraction of sp³-hybridized carbons (Fsp3) is 0.154. The number of rotatable bonds is 10. The number of nitrogen functional groups attached to an aromatic ring is 1. The molecule has 35 heavy (non-hydrogen) atoms. The quantitative estimate of drug-likeness (QED) is 0.172. The SMILES string of the molecule is COc1ccc(NC/C=C\NC(N)=NCc2ccc(C(=O)Nc3ccccc3N)cc2)cc1OC. The smallest absolute Gasteiger partial charge is 0.255 e. The number of anilines is 3. The lowest BCUT2D eigenvalue weighted by atomic mass is 10.1. The van der Waals surface area contributed by atoms with Gasteiger partial charge in [-0.3, -0.25) is 4.79 Å². The molecule has 9 nitrogen and oxygen atoms in total. The maximum absolute atomic E-state index is 12.4. The van der Waals surface area contributed by atoms with Gasteiger partial charge in [0.15, 0.2) is 17.5 Å². The molecule has 0 heterocycles. The maximum Gasteiger partial charge on any atom is 0.255 e. The molecule has 1 amide bonds. The lowest BCUT2D eigenvalue weighted by molar-refractivity contribution is 0.102. The van der Waals surface area contributed by atoms with E-state index in [0.29, 0.717) is 41.5 Å². The molecule has 9 heteroatoms. The Bertz CT molecular complexity index is 1190. The van der Waals surface area contributed by atoms with E-state index in [9.17, 15) is 4.79 Å². The van der Waals surface area contributed by atoms with Gasteiger partial charge in [-0.15, -0.1) is 0 Å². The van der Waals surface area contributed by atoms with Crippen LogP contribution in [0.25, 0.3) is 0 Å². The van der Waals surface area contributed by atoms with Gasteiger partial charge in [0.2, 0.25) is 0 Å². The number of nitrogens with zero attached hydrogens (tertiary/aromatic N) is 1. The lowest BCUT2D eigenvalue weighted by Crippen LogP contribution is -2.27. The highest BCUT2D eigenvalue weighted by Crippen LogP contribution is 2.29. The minimum Gasteiger partial charge on any atom is -0.493 e. The van der Waals surface area contributed by atoms with Crippen LogP contribution >= 0.6 is 0 Å². The molecule has 0 spiro atoms. The number of ether oxygens (including phenoxy) is 2. The van der Waals surface area contributed by atoms with Crippen LogP contribution in [0, 0.1) is 0 Å². The summed E-state index contributed by atoms with van der Waals surface area (Å²) in [7, 11) is 3.20. The van der Waals surface area contributed by atoms with Crippen molar-refractivity contribution in [3.63, 3.8) is 0 Å². The standard InChI is InChI=1S/C26H30N6O3/c1-34-23-13-12-20(16-24(23)35-2)29-14-5-15-30-26(28)31-17-18-8-10-19(11-9-18)25(33)32-22-7-4-3-6-21(22)27/h3-13,15-16,29H,14,17,27H2,1-2H3,(H,32,33)(H3,28,30,31)/b15-5-. The average Bonchev–Trinajstić information content (AvgIpc) is 2.88. The number of carbonyl (C=O) groups is 1. The zero-order valence-electron chi connectivity index (χ0n) is 19.7. The summed E-state index contributed by atoms with van der Waals surface area (Å²) in [5, 5.41) is 8.99. The highest BCUT2D eigenvalue weighted by Gasteiger charge is 2.08. The molecule has 0 atom stereocenters. The summed E-state index contributed by atoms with van der Waals surface area (Å²) in [6.07, 6.45) is 3.60. The first-order valence-corrected chi connectivity index (χ1v) is 10.9. The van der Waals surface area contributed by atoms with E-state index in [1.165, 1.54) is 0 Å². The minimum atomic E-state index is -0.231. The fourth-order valence-corrected chi connectivity index (χ4v) is 3.12. The van der Waals surface area contributed by atoms with E-state index in [4.69, 9.17) is 20.9 Å². The molecule has 0 fully saturated rings. The summed E-state index contributed by atoms with van der Waals surface area (Å²) in [4.78, 5) is 16.7. The van der Waals surface area contributed by atoms with Crippen molar-refractivity contribution in [1.29, 1.82) is 0 Å². The first-order chi connectivity index (χ1) is 17.0. The molecule has 0 aliphatic rings. The highest BCUT2D eigenvalue weighted by molar-refractivity contribution is 6.05. The van der Waals surface area contributed by atoms with Crippen molar-refractivity contribution < 1.29 is 14.3 Å². The van der Waals surface area contributed by atoms with E-state index in [1.54, 1.807) is 44.7 Å². The predicted octanol–water partition coefficient (Wildman–Crippen LogP) is 3.57. The van der Waals surface area contributed by atoms with Crippen LogP contribution in [0.4, 0.5) is 17.1 Å². The van der Waals surface area contributed by atoms with Crippen LogP contribution in [-0.4, -0.2) is 32.6 Å². The average molecular weight is 475 g/mol. The molecule has 3 aromatic rings. The molecule has 0 radical (unpaired) electrons. The second-order valence-corrected chi connectivity index (χ2v) is 7.44. The van der Waals surface area contributed by atoms with E-state index in [2.05, 4.69) is 20.9 Å². The second kappa shape index (κ2) is 12.5. The first-order valence-electron chi connectivity index (χ1n) is 10.9. The van der Waals surface area contributed by atoms with Crippen LogP contribution in [0.3, 0.4) is 0 Å². The molecule has 7 N–H and O–H groups in total. The number of nitrogens with one attached hydrogen (secondary N) is 3. The van der Waals surface area contributed by atoms with Gasteiger partial charge in [-0.2, -0.15) is 0 Å². The van der Waals surface area contributed by atoms with E-state index in [0.717, 1.165) is 11.3 Å². The molecule has 0 unspecified atom stereocenters. The third-order valence-electron chi connectivity index (χ3n) is 5.01. The van der Waals surface area contributed by atoms with Crippen molar-refractivity contribution in [3.8, 4) is 11.5 Å². The number of hydrogen-bond donors (Lipinski definition) is 5. The molecular weight excluding hydrogens is 444 g/mol. The number of amides is 1. The molecule has 3 rings (SSSR count). The molecule has 0 saturated heterocycles. The Hall–Kier alpha value is -4.66. The van der Waals surface area contributed by atoms with Crippen LogP contribution < -0.4 is 36.9 Å². The normalized spacial score (nSPS) is 11.2. The Balaban J connectivity index is 1.44. The molecule has 0 saturated carbocycles. The molecule has 182 valence electrons. The largest absolute Gasteiger partial charge is 0.493 e. The molecule has 0 bridgehead atoms. The van der Waals surface area contributed by atoms with Crippen LogP contribution in [0.2, 0.25) is 0 Å². The van der Waals surface area contributed by atoms with Crippen molar-refractivity contribution in [2.75, 3.05) is 37.1 Å². The third-order valence-corrected chi connectivity index (χ3v) is 5.01. The molecular formula is C26H30N6O3. The number of aliphatic imine (C=N–C) groups is 1. The molecule has 0 aromatic heterocycles. The Morgan fingerprint density at radius 1 is 1.00 bits per heavy atom. The first kappa shape index (κ1) is 25.0. The Morgan fingerprint density at radius 2 is 1.74 bits per heavy atom. The summed E-state index contributed by atoms with van der Waals surface area (Å²) in [6.45, 7) is 0.956. The number of guanidine groups is 1. The van der Waals surface area contributed by atoms with E-state index in [1.807, 2.05) is 48.5 Å². The van der Waals surface area contributed by atoms with E-state index in [-0.39, 0.29) is 11.9 Å². The maximum atomic E-state index is 12.4. The predicted molar refractivity (Wildman–Crippen MR) is 141 cm³/mol. The summed E-state index contributed by atoms with van der Waals surface area (Å²) >= 11 is 0. The number of carbonyl (C=O) groups excluding carboxylic acids is 1. The van der Waals surface area contributed by atoms with Crippen molar-refractivity contribution in [1.82, 2.24) is 5.32 Å². The van der Waals surface area contributed by atoms with Gasteiger partial charge in [-0.1, -0.05) is 24.3 Å². The van der Waals surface area contributed by atoms with Crippen LogP contribution in [0.1, 0.15) is 15.9 Å². The van der Waals surface area contributed by atoms with Crippen LogP contribution in [0.5, 0.6) is 11.5 Å². The van der Waals surface area contributed by atoms with Gasteiger partial charge in [-0.25, -0.2) is 4.99 Å². The summed E-state index contributed by atoms with van der Waals surface area (Å²) in [5.41, 5.74) is 15.2. The van der Waals surface area contributed by atoms with Gasteiger partial charge in [0.25, 0.3) is 5.91 Å². The number of nitrogens with two attached hydrogens (primary N) is 2. The van der Waals surface area contributed by atoms with Crippen LogP contribution in [-0.2, 0) is 6.54 Å². The summed E-state index contributed by atoms with van der Waals surface area (Å²) in [5.74, 6) is 1.39. The van der Waals surface area contributed by atoms with Crippen molar-refractivity contribution in [2.45, 2.75) is 6.54 Å². The topological polar surface area (TPSA) is 136 Å². The molecule has 3 aromatic carbocycles. The monoisotopic (exact) mass is 474 g/mol. The highest BCUT2D eigenvalue weighted by atomic mass is 16.5. The Kier molecular flexibility index (Phi) is 8.95. The van der Waals surface area contributed by atoms with Gasteiger partial charge in [-0.05, 0) is 48.0 Å². The van der Waals surface area contributed by atoms with Gasteiger partial charge in [0.05, 0.1) is 32.1 Å². The van der Waals surface area contributed by atoms with E-state index < -0.39 is 0 Å². The number of para-hydroxylation sites is 2. The summed E-state index contributed by atoms with van der Waals surface area (Å²) in [6, 6.07) is 19.9. The zero-order chi connectivity index (χ0) is 25.0. The molecule has 0 aliphatic carbocycles. The third kappa shape index (κ3) is 7.43. The Labute approximate surface area is 204 Å². The minimum absolute atomic E-state index is 0.231. The van der Waals surface area contributed by atoms with Crippen LogP contribution in [0.15, 0.2) is 84.0 Å². The van der Waals surface area contributed by atoms with Crippen molar-refractivity contribution in [3.05, 3.63) is 90.1 Å². The number of methoxy groups -OCH3 is 2. The fourth-order valence-electron chi connectivity index (χ4n) is 3.12. The summed E-state index contributed by atoms with van der Waals surface area (Å²) < 4.78 is 10.5. The van der Waals surface area contributed by atoms with Gasteiger partial charge >= 0.3 is 0 Å². The zero-order valence-corrected chi connectivity index (χ0v) is 19.7. The second-order valence-electron chi connectivity index (χ2n) is 7.44. The van der Waals surface area contributed by atoms with Crippen molar-refractivity contribution in [2.24, 2.45) is 10.7 Å². The number of hydrogen-bond acceptors (Lipinski definition) is 6. The van der Waals surface area contributed by atoms with E-state index >= 15 is 0 Å².